The number of halogens is 1. The van der Waals surface area contributed by atoms with Gasteiger partial charge in [0, 0.05) is 6.04 Å². The minimum Gasteiger partial charge on any atom is -0.327 e. The summed E-state index contributed by atoms with van der Waals surface area (Å²) >= 11 is 0. The van der Waals surface area contributed by atoms with Crippen LogP contribution in [0, 0.1) is 17.8 Å². The Kier molecular flexibility index (Phi) is 5.19. The van der Waals surface area contributed by atoms with E-state index >= 15 is 0 Å². The molecule has 1 aliphatic rings. The molecule has 0 aromatic heterocycles. The van der Waals surface area contributed by atoms with Crippen LogP contribution < -0.4 is 5.73 Å². The summed E-state index contributed by atoms with van der Waals surface area (Å²) in [6, 6.07) is 0.471. The van der Waals surface area contributed by atoms with Crippen LogP contribution in [-0.4, -0.2) is 6.04 Å². The van der Waals surface area contributed by atoms with E-state index in [1.165, 1.54) is 19.3 Å². The largest absolute Gasteiger partial charge is 0.327 e. The second-order valence-electron chi connectivity index (χ2n) is 4.49. The van der Waals surface area contributed by atoms with Gasteiger partial charge in [0.2, 0.25) is 0 Å². The Labute approximate surface area is 82.5 Å². The fraction of sp³-hybridized carbons (Fsp3) is 1.00. The van der Waals surface area contributed by atoms with Crippen molar-refractivity contribution in [3.05, 3.63) is 0 Å². The molecule has 0 amide bonds. The molecule has 0 aliphatic heterocycles. The summed E-state index contributed by atoms with van der Waals surface area (Å²) in [5.74, 6) is 2.42. The standard InChI is InChI=1S/C10H21N.ClH/c1-7(2)9-5-4-8(3)6-10(9)11;/h7-10H,4-6,11H2,1-3H3;1H/t8-,9+,10-;/m1./s1. The van der Waals surface area contributed by atoms with Gasteiger partial charge in [0.15, 0.2) is 0 Å². The first-order chi connectivity index (χ1) is 5.11. The summed E-state index contributed by atoms with van der Waals surface area (Å²) in [6.45, 7) is 6.90. The minimum atomic E-state index is 0. The average Bonchev–Trinajstić information content (AvgIpc) is 1.85. The van der Waals surface area contributed by atoms with Crippen molar-refractivity contribution in [3.8, 4) is 0 Å². The molecule has 2 N–H and O–H groups in total. The smallest absolute Gasteiger partial charge is 0.00721 e. The van der Waals surface area contributed by atoms with Crippen molar-refractivity contribution in [1.29, 1.82) is 0 Å². The Morgan fingerprint density at radius 3 is 2.25 bits per heavy atom. The molecule has 74 valence electrons. The van der Waals surface area contributed by atoms with Gasteiger partial charge in [0.1, 0.15) is 0 Å². The van der Waals surface area contributed by atoms with Crippen molar-refractivity contribution in [2.45, 2.75) is 46.1 Å². The average molecular weight is 192 g/mol. The molecular weight excluding hydrogens is 170 g/mol. The molecule has 0 heterocycles. The van der Waals surface area contributed by atoms with E-state index in [0.29, 0.717) is 6.04 Å². The molecule has 1 rings (SSSR count). The van der Waals surface area contributed by atoms with Crippen LogP contribution >= 0.6 is 12.4 Å². The number of rotatable bonds is 1. The Bertz CT molecular complexity index is 125. The van der Waals surface area contributed by atoms with Crippen LogP contribution in [0.4, 0.5) is 0 Å². The Morgan fingerprint density at radius 1 is 1.25 bits per heavy atom. The lowest BCUT2D eigenvalue weighted by Crippen LogP contribution is -2.38. The van der Waals surface area contributed by atoms with Crippen molar-refractivity contribution >= 4 is 12.4 Å². The van der Waals surface area contributed by atoms with Crippen molar-refractivity contribution in [1.82, 2.24) is 0 Å². The molecule has 0 bridgehead atoms. The normalized spacial score (nSPS) is 36.2. The molecule has 1 nitrogen and oxygen atoms in total. The van der Waals surface area contributed by atoms with Gasteiger partial charge in [-0.2, -0.15) is 0 Å². The van der Waals surface area contributed by atoms with Crippen molar-refractivity contribution < 1.29 is 0 Å². The van der Waals surface area contributed by atoms with Crippen molar-refractivity contribution in [2.24, 2.45) is 23.5 Å². The SMILES string of the molecule is CC(C)[C@@H]1CC[C@@H](C)C[C@H]1N.Cl. The molecule has 3 atom stereocenters. The van der Waals surface area contributed by atoms with Gasteiger partial charge in [0.25, 0.3) is 0 Å². The summed E-state index contributed by atoms with van der Waals surface area (Å²) in [4.78, 5) is 0. The Balaban J connectivity index is 0.00000121. The Morgan fingerprint density at radius 2 is 1.83 bits per heavy atom. The third-order valence-corrected chi connectivity index (χ3v) is 3.07. The monoisotopic (exact) mass is 191 g/mol. The quantitative estimate of drug-likeness (QED) is 0.678. The number of hydrogen-bond acceptors (Lipinski definition) is 1. The molecule has 0 unspecified atom stereocenters. The van der Waals surface area contributed by atoms with Gasteiger partial charge in [-0.25, -0.2) is 0 Å². The minimum absolute atomic E-state index is 0. The van der Waals surface area contributed by atoms with E-state index in [9.17, 15) is 0 Å². The topological polar surface area (TPSA) is 26.0 Å². The maximum atomic E-state index is 6.07. The molecular formula is C10H22ClN. The van der Waals surface area contributed by atoms with Crippen LogP contribution in [0.3, 0.4) is 0 Å². The molecule has 0 aromatic carbocycles. The fourth-order valence-electron chi connectivity index (χ4n) is 2.28. The molecule has 1 saturated carbocycles. The fourth-order valence-corrected chi connectivity index (χ4v) is 2.28. The number of hydrogen-bond donors (Lipinski definition) is 1. The van der Waals surface area contributed by atoms with Gasteiger partial charge in [-0.15, -0.1) is 12.4 Å². The second kappa shape index (κ2) is 5.08. The molecule has 12 heavy (non-hydrogen) atoms. The molecule has 0 radical (unpaired) electrons. The maximum Gasteiger partial charge on any atom is 0.00721 e. The predicted molar refractivity (Wildman–Crippen MR) is 56.6 cm³/mol. The van der Waals surface area contributed by atoms with Crippen LogP contribution in [0.15, 0.2) is 0 Å². The highest BCUT2D eigenvalue weighted by molar-refractivity contribution is 5.85. The highest BCUT2D eigenvalue weighted by Crippen LogP contribution is 2.31. The first-order valence-electron chi connectivity index (χ1n) is 4.87. The van der Waals surface area contributed by atoms with E-state index < -0.39 is 0 Å². The van der Waals surface area contributed by atoms with Gasteiger partial charge in [-0.1, -0.05) is 27.2 Å². The first-order valence-corrected chi connectivity index (χ1v) is 4.87. The molecule has 0 saturated heterocycles. The summed E-state index contributed by atoms with van der Waals surface area (Å²) in [7, 11) is 0. The molecule has 0 spiro atoms. The zero-order chi connectivity index (χ0) is 8.43. The lowest BCUT2D eigenvalue weighted by atomic mass is 9.74. The van der Waals surface area contributed by atoms with Crippen LogP contribution in [0.25, 0.3) is 0 Å². The first kappa shape index (κ1) is 12.2. The lowest BCUT2D eigenvalue weighted by molar-refractivity contribution is 0.199. The molecule has 2 heteroatoms. The third-order valence-electron chi connectivity index (χ3n) is 3.07. The van der Waals surface area contributed by atoms with E-state index in [1.807, 2.05) is 0 Å². The number of nitrogens with two attached hydrogens (primary N) is 1. The van der Waals surface area contributed by atoms with Crippen molar-refractivity contribution in [2.75, 3.05) is 0 Å². The summed E-state index contributed by atoms with van der Waals surface area (Å²) in [6.07, 6.45) is 3.97. The van der Waals surface area contributed by atoms with Gasteiger partial charge in [-0.05, 0) is 30.6 Å². The van der Waals surface area contributed by atoms with Gasteiger partial charge >= 0.3 is 0 Å². The summed E-state index contributed by atoms with van der Waals surface area (Å²) in [5, 5.41) is 0. The van der Waals surface area contributed by atoms with Gasteiger partial charge in [-0.3, -0.25) is 0 Å². The van der Waals surface area contributed by atoms with E-state index in [-0.39, 0.29) is 12.4 Å². The zero-order valence-corrected chi connectivity index (χ0v) is 9.23. The third kappa shape index (κ3) is 2.95. The summed E-state index contributed by atoms with van der Waals surface area (Å²) in [5.41, 5.74) is 6.07. The molecule has 1 fully saturated rings. The zero-order valence-electron chi connectivity index (χ0n) is 8.42. The Hall–Kier alpha value is 0.250. The highest BCUT2D eigenvalue weighted by atomic mass is 35.5. The molecule has 0 aromatic rings. The van der Waals surface area contributed by atoms with E-state index in [2.05, 4.69) is 20.8 Å². The van der Waals surface area contributed by atoms with Gasteiger partial charge < -0.3 is 5.73 Å². The van der Waals surface area contributed by atoms with Crippen LogP contribution in [0.1, 0.15) is 40.0 Å². The van der Waals surface area contributed by atoms with E-state index in [0.717, 1.165) is 17.8 Å². The molecule has 1 aliphatic carbocycles. The highest BCUT2D eigenvalue weighted by Gasteiger charge is 2.27. The predicted octanol–water partition coefficient (Wildman–Crippen LogP) is 2.83. The maximum absolute atomic E-state index is 6.07. The van der Waals surface area contributed by atoms with Gasteiger partial charge in [0.05, 0.1) is 0 Å². The van der Waals surface area contributed by atoms with E-state index in [1.54, 1.807) is 0 Å². The summed E-state index contributed by atoms with van der Waals surface area (Å²) < 4.78 is 0. The van der Waals surface area contributed by atoms with Crippen LogP contribution in [-0.2, 0) is 0 Å². The second-order valence-corrected chi connectivity index (χ2v) is 4.49. The van der Waals surface area contributed by atoms with Crippen LogP contribution in [0.2, 0.25) is 0 Å². The van der Waals surface area contributed by atoms with Crippen LogP contribution in [0.5, 0.6) is 0 Å². The van der Waals surface area contributed by atoms with Crippen molar-refractivity contribution in [3.63, 3.8) is 0 Å². The lowest BCUT2D eigenvalue weighted by Gasteiger charge is -2.34. The van der Waals surface area contributed by atoms with E-state index in [4.69, 9.17) is 5.73 Å².